The summed E-state index contributed by atoms with van der Waals surface area (Å²) < 4.78 is 15.3. The van der Waals surface area contributed by atoms with Gasteiger partial charge in [-0.3, -0.25) is 14.3 Å². The molecule has 2 unspecified atom stereocenters. The van der Waals surface area contributed by atoms with Gasteiger partial charge < -0.3 is 15.4 Å². The molecule has 1 heterocycles. The number of carboxylic acid groups (broad SMARTS) is 1. The van der Waals surface area contributed by atoms with E-state index in [1.54, 1.807) is 0 Å². The van der Waals surface area contributed by atoms with Crippen molar-refractivity contribution in [1.82, 2.24) is 9.29 Å². The van der Waals surface area contributed by atoms with Crippen LogP contribution in [0.4, 0.5) is 0 Å². The van der Waals surface area contributed by atoms with E-state index in [0.29, 0.717) is 0 Å². The fourth-order valence-electron chi connectivity index (χ4n) is 2.31. The number of nitrogens with one attached hydrogen (secondary N) is 1. The van der Waals surface area contributed by atoms with E-state index in [0.717, 1.165) is 22.9 Å². The van der Waals surface area contributed by atoms with Gasteiger partial charge in [-0.05, 0) is 25.0 Å². The molecule has 0 aliphatic rings. The molecular weight excluding hydrogens is 318 g/mol. The minimum Gasteiger partial charge on any atom is -0.483 e. The minimum absolute atomic E-state index is 0.0613. The Morgan fingerprint density at radius 3 is 2.65 bits per heavy atom. The van der Waals surface area contributed by atoms with Gasteiger partial charge in [0.25, 0.3) is 12.4 Å². The van der Waals surface area contributed by atoms with Gasteiger partial charge in [-0.2, -0.15) is 0 Å². The molecule has 1 aromatic carbocycles. The monoisotopic (exact) mass is 339 g/mol. The van der Waals surface area contributed by atoms with Gasteiger partial charge in [-0.15, -0.1) is 0 Å². The van der Waals surface area contributed by atoms with Crippen molar-refractivity contribution >= 4 is 34.3 Å². The first kappa shape index (κ1) is 18.9. The van der Waals surface area contributed by atoms with Crippen LogP contribution in [0.25, 0.3) is 10.9 Å². The lowest BCUT2D eigenvalue weighted by molar-refractivity contribution is -0.123. The largest absolute Gasteiger partial charge is 0.483 e. The molecular formula is C15H21N3O4S. The van der Waals surface area contributed by atoms with Crippen LogP contribution in [-0.2, 0) is 33.5 Å². The summed E-state index contributed by atoms with van der Waals surface area (Å²) in [6, 6.07) is 7.96. The normalized spacial score (nSPS) is 12.8. The van der Waals surface area contributed by atoms with E-state index in [1.165, 1.54) is 6.26 Å². The van der Waals surface area contributed by atoms with E-state index < -0.39 is 11.0 Å². The lowest BCUT2D eigenvalue weighted by atomic mass is 10.1. The average molecular weight is 339 g/mol. The highest BCUT2D eigenvalue weighted by Crippen LogP contribution is 2.22. The highest BCUT2D eigenvalue weighted by atomic mass is 32.2. The third kappa shape index (κ3) is 5.84. The topological polar surface area (TPSA) is 114 Å². The molecule has 1 aromatic heterocycles. The van der Waals surface area contributed by atoms with Crippen LogP contribution in [0.2, 0.25) is 0 Å². The van der Waals surface area contributed by atoms with Gasteiger partial charge in [-0.1, -0.05) is 18.2 Å². The summed E-state index contributed by atoms with van der Waals surface area (Å²) in [4.78, 5) is 20.1. The Kier molecular flexibility index (Phi) is 7.43. The fourth-order valence-corrected chi connectivity index (χ4v) is 2.70. The van der Waals surface area contributed by atoms with E-state index >= 15 is 0 Å². The first-order valence-corrected chi connectivity index (χ1v) is 8.48. The molecule has 0 saturated carbocycles. The number of aromatic nitrogens is 1. The maximum absolute atomic E-state index is 11.7. The number of amides is 1. The minimum atomic E-state index is -1.34. The number of fused-ring (bicyclic) bond motifs is 1. The van der Waals surface area contributed by atoms with E-state index in [2.05, 4.69) is 4.72 Å². The molecule has 126 valence electrons. The maximum atomic E-state index is 11.7. The van der Waals surface area contributed by atoms with Crippen LogP contribution in [0, 0.1) is 0 Å². The van der Waals surface area contributed by atoms with Gasteiger partial charge in [0.15, 0.2) is 0 Å². The van der Waals surface area contributed by atoms with Gasteiger partial charge >= 0.3 is 0 Å². The van der Waals surface area contributed by atoms with Gasteiger partial charge in [0.2, 0.25) is 0 Å². The van der Waals surface area contributed by atoms with Gasteiger partial charge in [0.05, 0.1) is 0 Å². The number of para-hydroxylation sites is 1. The first-order valence-electron chi connectivity index (χ1n) is 6.92. The number of carbonyl (C=O) groups excluding carboxylic acids is 1. The maximum Gasteiger partial charge on any atom is 0.290 e. The number of benzene rings is 1. The predicted octanol–water partition coefficient (Wildman–Crippen LogP) is 0.642. The lowest BCUT2D eigenvalue weighted by Gasteiger charge is -2.04. The summed E-state index contributed by atoms with van der Waals surface area (Å²) in [5, 5.41) is 8.00. The Hall–Kier alpha value is -2.19. The Labute approximate surface area is 137 Å². The van der Waals surface area contributed by atoms with Crippen LogP contribution < -0.4 is 10.5 Å². The molecule has 0 saturated heterocycles. The molecule has 7 nitrogen and oxygen atoms in total. The molecule has 2 aromatic rings. The predicted molar refractivity (Wildman–Crippen MR) is 90.2 cm³/mol. The molecule has 8 heteroatoms. The first-order chi connectivity index (χ1) is 10.9. The van der Waals surface area contributed by atoms with Crippen molar-refractivity contribution in [1.29, 1.82) is 0 Å². The molecule has 0 aliphatic carbocycles. The van der Waals surface area contributed by atoms with Crippen LogP contribution in [0.3, 0.4) is 0 Å². The number of hydrogen-bond donors (Lipinski definition) is 3. The summed E-state index contributed by atoms with van der Waals surface area (Å²) in [6.07, 6.45) is 4.15. The zero-order valence-corrected chi connectivity index (χ0v) is 13.9. The van der Waals surface area contributed by atoms with E-state index in [4.69, 9.17) is 15.6 Å². The molecule has 1 amide bonds. The summed E-state index contributed by atoms with van der Waals surface area (Å²) in [7, 11) is -1.34. The second-order valence-electron chi connectivity index (χ2n) is 5.07. The van der Waals surface area contributed by atoms with Crippen molar-refractivity contribution in [3.05, 3.63) is 36.0 Å². The Bertz CT molecular complexity index is 697. The summed E-state index contributed by atoms with van der Waals surface area (Å²) in [5.74, 6) is -0.265. The number of hydrogen-bond acceptors (Lipinski definition) is 4. The van der Waals surface area contributed by atoms with E-state index in [9.17, 15) is 9.00 Å². The van der Waals surface area contributed by atoms with Crippen LogP contribution in [0.15, 0.2) is 30.5 Å². The summed E-state index contributed by atoms with van der Waals surface area (Å²) >= 11 is 0. The van der Waals surface area contributed by atoms with Crippen LogP contribution in [0.1, 0.15) is 12.5 Å². The molecule has 2 atom stereocenters. The molecule has 0 aliphatic heterocycles. The van der Waals surface area contributed by atoms with E-state index in [-0.39, 0.29) is 25.0 Å². The molecule has 0 spiro atoms. The van der Waals surface area contributed by atoms with Crippen molar-refractivity contribution in [3.8, 4) is 0 Å². The zero-order chi connectivity index (χ0) is 17.4. The molecule has 0 radical (unpaired) electrons. The summed E-state index contributed by atoms with van der Waals surface area (Å²) in [6.45, 7) is 1.86. The van der Waals surface area contributed by atoms with Crippen molar-refractivity contribution in [2.24, 2.45) is 5.73 Å². The molecule has 0 bridgehead atoms. The van der Waals surface area contributed by atoms with Gasteiger partial charge in [-0.25, -0.2) is 4.21 Å². The SMILES string of the molecule is CC(N)Cc1cn(CC(=O)NS(C)=O)c2ccccc12.O=CO. The standard InChI is InChI=1S/C14H19N3O2S.CH2O2/c1-10(15)7-11-8-17(9-14(18)16-20(2)19)13-6-4-3-5-12(11)13;2-1-3/h3-6,8,10H,7,9,15H2,1-2H3,(H,16,18);1H,(H,2,3). The van der Waals surface area contributed by atoms with Crippen LogP contribution >= 0.6 is 0 Å². The van der Waals surface area contributed by atoms with Crippen molar-refractivity contribution in [2.45, 2.75) is 25.9 Å². The zero-order valence-electron chi connectivity index (χ0n) is 13.1. The quantitative estimate of drug-likeness (QED) is 0.692. The molecule has 2 rings (SSSR count). The number of nitrogens with zero attached hydrogens (tertiary/aromatic N) is 1. The van der Waals surface area contributed by atoms with Crippen molar-refractivity contribution in [2.75, 3.05) is 6.26 Å². The highest BCUT2D eigenvalue weighted by molar-refractivity contribution is 7.82. The Balaban J connectivity index is 0.000000816. The third-order valence-electron chi connectivity index (χ3n) is 2.98. The molecule has 4 N–H and O–H groups in total. The van der Waals surface area contributed by atoms with E-state index in [1.807, 2.05) is 42.0 Å². The second kappa shape index (κ2) is 9.06. The second-order valence-corrected chi connectivity index (χ2v) is 6.18. The number of carbonyl (C=O) groups is 2. The molecule has 23 heavy (non-hydrogen) atoms. The average Bonchev–Trinajstić information content (AvgIpc) is 2.76. The molecule has 0 fully saturated rings. The van der Waals surface area contributed by atoms with Gasteiger partial charge in [0, 0.05) is 29.4 Å². The third-order valence-corrected chi connectivity index (χ3v) is 3.50. The number of rotatable bonds is 5. The highest BCUT2D eigenvalue weighted by Gasteiger charge is 2.12. The van der Waals surface area contributed by atoms with Gasteiger partial charge in [0.1, 0.15) is 17.5 Å². The Morgan fingerprint density at radius 1 is 1.48 bits per heavy atom. The smallest absolute Gasteiger partial charge is 0.290 e. The number of nitrogens with two attached hydrogens (primary N) is 1. The van der Waals surface area contributed by atoms with Crippen molar-refractivity contribution < 1.29 is 18.9 Å². The summed E-state index contributed by atoms with van der Waals surface area (Å²) in [5.41, 5.74) is 7.98. The Morgan fingerprint density at radius 2 is 2.09 bits per heavy atom. The van der Waals surface area contributed by atoms with Crippen LogP contribution in [0.5, 0.6) is 0 Å². The van der Waals surface area contributed by atoms with Crippen LogP contribution in [-0.4, -0.2) is 38.6 Å². The van der Waals surface area contributed by atoms with Crippen molar-refractivity contribution in [3.63, 3.8) is 0 Å². The lowest BCUT2D eigenvalue weighted by Crippen LogP contribution is -2.28. The fraction of sp³-hybridized carbons (Fsp3) is 0.333.